The molecule has 0 atom stereocenters. The van der Waals surface area contributed by atoms with Crippen molar-refractivity contribution in [3.63, 3.8) is 0 Å². The third-order valence-electron chi connectivity index (χ3n) is 5.38. The molecular formula is C25H37N3O6. The van der Waals surface area contributed by atoms with Crippen molar-refractivity contribution in [3.05, 3.63) is 47.9 Å². The van der Waals surface area contributed by atoms with E-state index in [-0.39, 0.29) is 18.5 Å². The lowest BCUT2D eigenvalue weighted by Gasteiger charge is -2.27. The highest BCUT2D eigenvalue weighted by molar-refractivity contribution is 5.84. The molecule has 1 aromatic heterocycles. The Morgan fingerprint density at radius 2 is 1.82 bits per heavy atom. The van der Waals surface area contributed by atoms with Crippen molar-refractivity contribution in [2.24, 2.45) is 0 Å². The number of urea groups is 1. The van der Waals surface area contributed by atoms with Crippen LogP contribution in [0.4, 0.5) is 4.79 Å². The van der Waals surface area contributed by atoms with Crippen LogP contribution in [0.25, 0.3) is 0 Å². The second-order valence-electron chi connectivity index (χ2n) is 7.83. The minimum Gasteiger partial charge on any atom is -0.493 e. The van der Waals surface area contributed by atoms with Gasteiger partial charge in [0.05, 0.1) is 33.6 Å². The first-order valence-electron chi connectivity index (χ1n) is 11.5. The van der Waals surface area contributed by atoms with Gasteiger partial charge in [0, 0.05) is 26.7 Å². The smallest absolute Gasteiger partial charge is 0.317 e. The van der Waals surface area contributed by atoms with Crippen LogP contribution in [0.2, 0.25) is 0 Å². The van der Waals surface area contributed by atoms with Gasteiger partial charge in [-0.15, -0.1) is 0 Å². The van der Waals surface area contributed by atoms with Gasteiger partial charge in [0.2, 0.25) is 5.91 Å². The Hall–Kier alpha value is -3.20. The number of hydrogen-bond acceptors (Lipinski definition) is 6. The summed E-state index contributed by atoms with van der Waals surface area (Å²) in [4.78, 5) is 29.1. The number of benzene rings is 1. The number of hydrogen-bond donors (Lipinski definition) is 1. The molecule has 0 aliphatic carbocycles. The predicted molar refractivity (Wildman–Crippen MR) is 129 cm³/mol. The largest absolute Gasteiger partial charge is 0.493 e. The van der Waals surface area contributed by atoms with E-state index in [2.05, 4.69) is 12.2 Å². The maximum Gasteiger partial charge on any atom is 0.317 e. The standard InChI is InChI=1S/C25H37N3O6/c1-5-6-12-26-25(30)28(14-16-31-2)19-24(29)27(18-21-8-7-15-34-21)13-11-20-9-10-22(32-3)23(17-20)33-4/h7-10,15,17H,5-6,11-14,16,18-19H2,1-4H3,(H,26,30). The average Bonchev–Trinajstić information content (AvgIpc) is 3.37. The monoisotopic (exact) mass is 475 g/mol. The first kappa shape index (κ1) is 27.0. The van der Waals surface area contributed by atoms with Gasteiger partial charge in [-0.2, -0.15) is 0 Å². The molecule has 0 bridgehead atoms. The van der Waals surface area contributed by atoms with E-state index in [1.54, 1.807) is 38.6 Å². The Morgan fingerprint density at radius 1 is 1.03 bits per heavy atom. The van der Waals surface area contributed by atoms with E-state index >= 15 is 0 Å². The topological polar surface area (TPSA) is 93.5 Å². The minimum absolute atomic E-state index is 0.0477. The van der Waals surface area contributed by atoms with Gasteiger partial charge in [-0.05, 0) is 42.7 Å². The van der Waals surface area contributed by atoms with Crippen LogP contribution >= 0.6 is 0 Å². The first-order chi connectivity index (χ1) is 16.5. The van der Waals surface area contributed by atoms with E-state index in [9.17, 15) is 9.59 Å². The lowest BCUT2D eigenvalue weighted by Crippen LogP contribution is -2.48. The van der Waals surface area contributed by atoms with E-state index in [4.69, 9.17) is 18.6 Å². The van der Waals surface area contributed by atoms with E-state index in [0.29, 0.717) is 56.5 Å². The first-order valence-corrected chi connectivity index (χ1v) is 11.5. The highest BCUT2D eigenvalue weighted by Gasteiger charge is 2.22. The summed E-state index contributed by atoms with van der Waals surface area (Å²) >= 11 is 0. The highest BCUT2D eigenvalue weighted by atomic mass is 16.5. The number of rotatable bonds is 15. The SMILES string of the molecule is CCCCNC(=O)N(CCOC)CC(=O)N(CCc1ccc(OC)c(OC)c1)Cc1ccco1. The van der Waals surface area contributed by atoms with Crippen molar-refractivity contribution in [2.45, 2.75) is 32.7 Å². The van der Waals surface area contributed by atoms with Crippen LogP contribution in [-0.4, -0.2) is 75.9 Å². The van der Waals surface area contributed by atoms with Crippen molar-refractivity contribution < 1.29 is 28.2 Å². The molecule has 0 saturated heterocycles. The Labute approximate surface area is 201 Å². The molecule has 0 spiro atoms. The second kappa shape index (κ2) is 14.8. The number of amides is 3. The molecule has 3 amide bonds. The van der Waals surface area contributed by atoms with Gasteiger partial charge in [-0.3, -0.25) is 4.79 Å². The van der Waals surface area contributed by atoms with Gasteiger partial charge in [-0.25, -0.2) is 4.79 Å². The molecule has 0 aliphatic heterocycles. The minimum atomic E-state index is -0.267. The summed E-state index contributed by atoms with van der Waals surface area (Å²) in [6.07, 6.45) is 4.05. The van der Waals surface area contributed by atoms with Gasteiger partial charge >= 0.3 is 6.03 Å². The number of furan rings is 1. The van der Waals surface area contributed by atoms with E-state index in [0.717, 1.165) is 18.4 Å². The zero-order valence-corrected chi connectivity index (χ0v) is 20.7. The molecule has 0 unspecified atom stereocenters. The molecule has 1 heterocycles. The second-order valence-corrected chi connectivity index (χ2v) is 7.83. The van der Waals surface area contributed by atoms with Crippen LogP contribution in [0.15, 0.2) is 41.0 Å². The maximum atomic E-state index is 13.3. The maximum absolute atomic E-state index is 13.3. The summed E-state index contributed by atoms with van der Waals surface area (Å²) < 4.78 is 21.3. The van der Waals surface area contributed by atoms with Crippen LogP contribution in [0.5, 0.6) is 11.5 Å². The molecule has 2 rings (SSSR count). The fourth-order valence-corrected chi connectivity index (χ4v) is 3.38. The van der Waals surface area contributed by atoms with Crippen molar-refractivity contribution in [3.8, 4) is 11.5 Å². The quantitative estimate of drug-likeness (QED) is 0.397. The summed E-state index contributed by atoms with van der Waals surface area (Å²) in [7, 11) is 4.75. The normalized spacial score (nSPS) is 10.6. The highest BCUT2D eigenvalue weighted by Crippen LogP contribution is 2.27. The third kappa shape index (κ3) is 8.62. The summed E-state index contributed by atoms with van der Waals surface area (Å²) in [5.41, 5.74) is 1.00. The average molecular weight is 476 g/mol. The van der Waals surface area contributed by atoms with Crippen molar-refractivity contribution >= 4 is 11.9 Å². The molecule has 188 valence electrons. The van der Waals surface area contributed by atoms with Gasteiger partial charge in [0.25, 0.3) is 0 Å². The Balaban J connectivity index is 2.11. The Bertz CT molecular complexity index is 872. The Morgan fingerprint density at radius 3 is 2.47 bits per heavy atom. The number of nitrogens with zero attached hydrogens (tertiary/aromatic N) is 2. The number of carbonyl (C=O) groups excluding carboxylic acids is 2. The van der Waals surface area contributed by atoms with Gasteiger partial charge < -0.3 is 33.7 Å². The van der Waals surface area contributed by atoms with Gasteiger partial charge in [0.1, 0.15) is 12.3 Å². The summed E-state index contributed by atoms with van der Waals surface area (Å²) in [6.45, 7) is 4.02. The number of methoxy groups -OCH3 is 3. The molecule has 34 heavy (non-hydrogen) atoms. The van der Waals surface area contributed by atoms with Gasteiger partial charge in [0.15, 0.2) is 11.5 Å². The number of carbonyl (C=O) groups is 2. The lowest BCUT2D eigenvalue weighted by atomic mass is 10.1. The lowest BCUT2D eigenvalue weighted by molar-refractivity contribution is -0.132. The molecule has 9 nitrogen and oxygen atoms in total. The van der Waals surface area contributed by atoms with Crippen molar-refractivity contribution in [1.82, 2.24) is 15.1 Å². The van der Waals surface area contributed by atoms with Gasteiger partial charge in [-0.1, -0.05) is 19.4 Å². The molecule has 0 aliphatic rings. The van der Waals surface area contributed by atoms with E-state index in [1.807, 2.05) is 24.3 Å². The van der Waals surface area contributed by atoms with Crippen LogP contribution in [-0.2, 0) is 22.5 Å². The van der Waals surface area contributed by atoms with Crippen molar-refractivity contribution in [1.29, 1.82) is 0 Å². The Kier molecular flexibility index (Phi) is 11.8. The van der Waals surface area contributed by atoms with Crippen LogP contribution < -0.4 is 14.8 Å². The van der Waals surface area contributed by atoms with Crippen molar-refractivity contribution in [2.75, 3.05) is 54.1 Å². The fourth-order valence-electron chi connectivity index (χ4n) is 3.38. The van der Waals surface area contributed by atoms with Crippen LogP contribution in [0.3, 0.4) is 0 Å². The zero-order valence-electron chi connectivity index (χ0n) is 20.7. The third-order valence-corrected chi connectivity index (χ3v) is 5.38. The van der Waals surface area contributed by atoms with Crippen LogP contribution in [0.1, 0.15) is 31.1 Å². The van der Waals surface area contributed by atoms with E-state index < -0.39 is 0 Å². The van der Waals surface area contributed by atoms with E-state index in [1.165, 1.54) is 4.90 Å². The molecule has 1 N–H and O–H groups in total. The summed E-state index contributed by atoms with van der Waals surface area (Å²) in [5.74, 6) is 1.80. The molecule has 0 fully saturated rings. The van der Waals surface area contributed by atoms with Crippen LogP contribution in [0, 0.1) is 0 Å². The molecule has 2 aromatic rings. The number of ether oxygens (including phenoxy) is 3. The number of nitrogens with one attached hydrogen (secondary N) is 1. The number of unbranched alkanes of at least 4 members (excludes halogenated alkanes) is 1. The summed E-state index contributed by atoms with van der Waals surface area (Å²) in [5, 5.41) is 2.88. The summed E-state index contributed by atoms with van der Waals surface area (Å²) in [6, 6.07) is 9.05. The predicted octanol–water partition coefficient (Wildman–Crippen LogP) is 3.33. The molecule has 0 radical (unpaired) electrons. The molecule has 9 heteroatoms. The molecular weight excluding hydrogens is 438 g/mol. The molecule has 1 aromatic carbocycles. The fraction of sp³-hybridized carbons (Fsp3) is 0.520. The zero-order chi connectivity index (χ0) is 24.8. The molecule has 0 saturated carbocycles.